The van der Waals surface area contributed by atoms with Crippen molar-refractivity contribution in [2.75, 3.05) is 38.6 Å². The van der Waals surface area contributed by atoms with E-state index in [-0.39, 0.29) is 17.3 Å². The predicted molar refractivity (Wildman–Crippen MR) is 183 cm³/mol. The molecule has 0 bridgehead atoms. The molecule has 0 spiro atoms. The van der Waals surface area contributed by atoms with Gasteiger partial charge in [0.1, 0.15) is 18.1 Å². The first kappa shape index (κ1) is 33.6. The number of ketones is 1. The highest BCUT2D eigenvalue weighted by Gasteiger charge is 2.23. The summed E-state index contributed by atoms with van der Waals surface area (Å²) in [5.41, 5.74) is 2.17. The normalized spacial score (nSPS) is 13.9. The van der Waals surface area contributed by atoms with E-state index in [4.69, 9.17) is 13.7 Å². The summed E-state index contributed by atoms with van der Waals surface area (Å²) in [6, 6.07) is 19.1. The van der Waals surface area contributed by atoms with Crippen LogP contribution in [0.1, 0.15) is 78.7 Å². The van der Waals surface area contributed by atoms with Crippen LogP contribution in [0.5, 0.6) is 11.5 Å². The third-order valence-corrected chi connectivity index (χ3v) is 10.4. The molecule has 1 aliphatic heterocycles. The summed E-state index contributed by atoms with van der Waals surface area (Å²) in [5.74, 6) is 0.304. The Morgan fingerprint density at radius 3 is 2.22 bits per heavy atom. The smallest absolute Gasteiger partial charge is 0.338 e. The zero-order valence-electron chi connectivity index (χ0n) is 26.5. The van der Waals surface area contributed by atoms with Gasteiger partial charge in [-0.3, -0.25) is 9.69 Å². The maximum absolute atomic E-state index is 14.1. The Morgan fingerprint density at radius 2 is 1.52 bits per heavy atom. The summed E-state index contributed by atoms with van der Waals surface area (Å²) in [6.07, 6.45) is 5.75. The molecule has 0 saturated carbocycles. The van der Waals surface area contributed by atoms with E-state index in [0.29, 0.717) is 47.0 Å². The molecule has 0 unspecified atom stereocenters. The third-order valence-electron chi connectivity index (χ3n) is 7.92. The number of hydrogen-bond acceptors (Lipinski definition) is 9. The van der Waals surface area contributed by atoms with Gasteiger partial charge in [-0.05, 0) is 105 Å². The standard InChI is InChI=1S/C36H41NO7S2/c1-3-5-24-46(40,41)44-30-16-11-27(12-17-30)35-33(31-18-13-28(25-32(31)45-35)36(39)43-22-4-2)34(38)26-9-14-29(15-10-26)42-23-21-37-19-7-6-8-20-37/h9-18,25H,3-8,19-24H2,1-2H3. The lowest BCUT2D eigenvalue weighted by Gasteiger charge is -2.26. The second-order valence-corrected chi connectivity index (χ2v) is 14.2. The van der Waals surface area contributed by atoms with Gasteiger partial charge in [0.25, 0.3) is 0 Å². The highest BCUT2D eigenvalue weighted by atomic mass is 32.2. The van der Waals surface area contributed by atoms with Gasteiger partial charge in [-0.2, -0.15) is 8.42 Å². The molecule has 1 aliphatic rings. The van der Waals surface area contributed by atoms with Gasteiger partial charge in [0.2, 0.25) is 0 Å². The lowest BCUT2D eigenvalue weighted by atomic mass is 9.97. The van der Waals surface area contributed by atoms with Crippen molar-refractivity contribution < 1.29 is 31.7 Å². The molecular formula is C36H41NO7S2. The minimum absolute atomic E-state index is 0.0501. The van der Waals surface area contributed by atoms with E-state index in [1.54, 1.807) is 54.6 Å². The second kappa shape index (κ2) is 15.7. The number of piperidine rings is 1. The van der Waals surface area contributed by atoms with Gasteiger partial charge in [-0.25, -0.2) is 4.79 Å². The van der Waals surface area contributed by atoms with Crippen LogP contribution in [0.25, 0.3) is 20.5 Å². The van der Waals surface area contributed by atoms with E-state index in [0.717, 1.165) is 48.1 Å². The summed E-state index contributed by atoms with van der Waals surface area (Å²) < 4.78 is 42.0. The van der Waals surface area contributed by atoms with Crippen molar-refractivity contribution in [1.29, 1.82) is 0 Å². The third kappa shape index (κ3) is 8.54. The van der Waals surface area contributed by atoms with Gasteiger partial charge < -0.3 is 13.7 Å². The average molecular weight is 664 g/mol. The molecule has 46 heavy (non-hydrogen) atoms. The molecule has 2 heterocycles. The highest BCUT2D eigenvalue weighted by Crippen LogP contribution is 2.41. The van der Waals surface area contributed by atoms with Crippen LogP contribution in [0.3, 0.4) is 0 Å². The molecule has 4 aromatic rings. The number of likely N-dealkylation sites (tertiary alicyclic amines) is 1. The van der Waals surface area contributed by atoms with Gasteiger partial charge >= 0.3 is 16.1 Å². The second-order valence-electron chi connectivity index (χ2n) is 11.5. The Morgan fingerprint density at radius 1 is 0.826 bits per heavy atom. The molecule has 0 N–H and O–H groups in total. The number of hydrogen-bond donors (Lipinski definition) is 0. The van der Waals surface area contributed by atoms with Gasteiger partial charge in [0.05, 0.1) is 17.9 Å². The van der Waals surface area contributed by atoms with E-state index < -0.39 is 16.1 Å². The number of thiophene rings is 1. The molecule has 5 rings (SSSR count). The van der Waals surface area contributed by atoms with Crippen LogP contribution >= 0.6 is 11.3 Å². The summed E-state index contributed by atoms with van der Waals surface area (Å²) in [6.45, 7) is 7.89. The monoisotopic (exact) mass is 663 g/mol. The van der Waals surface area contributed by atoms with Gasteiger partial charge in [-0.15, -0.1) is 11.3 Å². The zero-order chi connectivity index (χ0) is 32.5. The minimum atomic E-state index is -3.70. The minimum Gasteiger partial charge on any atom is -0.492 e. The van der Waals surface area contributed by atoms with Crippen molar-refractivity contribution in [3.63, 3.8) is 0 Å². The maximum atomic E-state index is 14.1. The van der Waals surface area contributed by atoms with Crippen LogP contribution in [0.15, 0.2) is 66.7 Å². The van der Waals surface area contributed by atoms with Crippen molar-refractivity contribution >= 4 is 43.3 Å². The number of benzene rings is 3. The maximum Gasteiger partial charge on any atom is 0.338 e. The fourth-order valence-corrected chi connectivity index (χ4v) is 7.80. The number of ether oxygens (including phenoxy) is 2. The van der Waals surface area contributed by atoms with Crippen LogP contribution in [-0.2, 0) is 14.9 Å². The summed E-state index contributed by atoms with van der Waals surface area (Å²) in [5, 5.41) is 0.723. The van der Waals surface area contributed by atoms with Crippen LogP contribution in [0.2, 0.25) is 0 Å². The van der Waals surface area contributed by atoms with E-state index in [1.807, 2.05) is 26.0 Å². The van der Waals surface area contributed by atoms with E-state index in [1.165, 1.54) is 30.6 Å². The average Bonchev–Trinajstić information content (AvgIpc) is 3.46. The lowest BCUT2D eigenvalue weighted by Crippen LogP contribution is -2.33. The number of nitrogens with zero attached hydrogens (tertiary/aromatic N) is 1. The quantitative estimate of drug-likeness (QED) is 0.0724. The Hall–Kier alpha value is -3.73. The molecule has 0 aliphatic carbocycles. The van der Waals surface area contributed by atoms with Gasteiger partial charge in [0.15, 0.2) is 5.78 Å². The van der Waals surface area contributed by atoms with Crippen molar-refractivity contribution in [3.05, 3.63) is 83.4 Å². The molecular weight excluding hydrogens is 623 g/mol. The first-order valence-electron chi connectivity index (χ1n) is 16.0. The topological polar surface area (TPSA) is 99.2 Å². The van der Waals surface area contributed by atoms with E-state index in [2.05, 4.69) is 4.90 Å². The molecule has 1 aromatic heterocycles. The molecule has 3 aromatic carbocycles. The fourth-order valence-electron chi connectivity index (χ4n) is 5.42. The summed E-state index contributed by atoms with van der Waals surface area (Å²) in [4.78, 5) is 29.9. The van der Waals surface area contributed by atoms with Crippen molar-refractivity contribution in [2.24, 2.45) is 0 Å². The zero-order valence-corrected chi connectivity index (χ0v) is 28.1. The van der Waals surface area contributed by atoms with E-state index >= 15 is 0 Å². The Kier molecular flexibility index (Phi) is 11.5. The Balaban J connectivity index is 1.42. The highest BCUT2D eigenvalue weighted by molar-refractivity contribution is 7.87. The fraction of sp³-hybridized carbons (Fsp3) is 0.389. The Labute approximate surface area is 275 Å². The molecule has 1 fully saturated rings. The number of carbonyl (C=O) groups excluding carboxylic acids is 2. The Bertz CT molecular complexity index is 1740. The van der Waals surface area contributed by atoms with E-state index in [9.17, 15) is 18.0 Å². The van der Waals surface area contributed by atoms with Gasteiger partial charge in [-0.1, -0.05) is 32.8 Å². The molecule has 10 heteroatoms. The molecule has 0 amide bonds. The lowest BCUT2D eigenvalue weighted by molar-refractivity contribution is 0.0505. The molecule has 0 radical (unpaired) electrons. The number of unbranched alkanes of at least 4 members (excludes halogenated alkanes) is 1. The SMILES string of the molecule is CCCCS(=O)(=O)Oc1ccc(-c2sc3cc(C(=O)OCCC)ccc3c2C(=O)c2ccc(OCCN3CCCCC3)cc2)cc1. The first-order valence-corrected chi connectivity index (χ1v) is 18.4. The molecule has 0 atom stereocenters. The van der Waals surface area contributed by atoms with Gasteiger partial charge in [0, 0.05) is 32.6 Å². The number of esters is 1. The number of carbonyl (C=O) groups is 2. The molecule has 8 nitrogen and oxygen atoms in total. The van der Waals surface area contributed by atoms with Crippen molar-refractivity contribution in [3.8, 4) is 21.9 Å². The van der Waals surface area contributed by atoms with Crippen molar-refractivity contribution in [2.45, 2.75) is 52.4 Å². The number of fused-ring (bicyclic) bond motifs is 1. The predicted octanol–water partition coefficient (Wildman–Crippen LogP) is 7.74. The first-order chi connectivity index (χ1) is 22.3. The molecule has 244 valence electrons. The van der Waals surface area contributed by atoms with Crippen LogP contribution < -0.4 is 8.92 Å². The summed E-state index contributed by atoms with van der Waals surface area (Å²) >= 11 is 1.40. The van der Waals surface area contributed by atoms with Crippen LogP contribution in [0, 0.1) is 0 Å². The summed E-state index contributed by atoms with van der Waals surface area (Å²) in [7, 11) is -3.70. The number of rotatable bonds is 15. The van der Waals surface area contributed by atoms with Crippen LogP contribution in [-0.4, -0.2) is 63.7 Å². The molecule has 1 saturated heterocycles. The van der Waals surface area contributed by atoms with Crippen LogP contribution in [0.4, 0.5) is 0 Å². The van der Waals surface area contributed by atoms with Crippen molar-refractivity contribution in [1.82, 2.24) is 4.90 Å². The largest absolute Gasteiger partial charge is 0.492 e.